The van der Waals surface area contributed by atoms with Crippen molar-refractivity contribution in [1.82, 2.24) is 10.3 Å². The van der Waals surface area contributed by atoms with Gasteiger partial charge in [-0.25, -0.2) is 0 Å². The lowest BCUT2D eigenvalue weighted by molar-refractivity contribution is 0.0926. The number of carbonyl (C=O) groups is 1. The van der Waals surface area contributed by atoms with E-state index >= 15 is 0 Å². The molecule has 1 saturated carbocycles. The van der Waals surface area contributed by atoms with E-state index < -0.39 is 0 Å². The van der Waals surface area contributed by atoms with Gasteiger partial charge in [0.15, 0.2) is 0 Å². The Morgan fingerprint density at radius 1 is 1.25 bits per heavy atom. The fourth-order valence-electron chi connectivity index (χ4n) is 2.04. The Morgan fingerprint density at radius 2 is 1.88 bits per heavy atom. The van der Waals surface area contributed by atoms with Gasteiger partial charge in [-0.1, -0.05) is 0 Å². The van der Waals surface area contributed by atoms with E-state index in [1.807, 2.05) is 0 Å². The third kappa shape index (κ3) is 2.79. The third-order valence-corrected chi connectivity index (χ3v) is 3.05. The van der Waals surface area contributed by atoms with Gasteiger partial charge in [-0.2, -0.15) is 0 Å². The third-order valence-electron chi connectivity index (χ3n) is 3.05. The lowest BCUT2D eigenvalue weighted by atomic mass is 9.91. The molecule has 16 heavy (non-hydrogen) atoms. The second-order valence-corrected chi connectivity index (χ2v) is 4.32. The molecule has 1 amide bonds. The summed E-state index contributed by atoms with van der Waals surface area (Å²) >= 11 is 0. The standard InChI is InChI=1S/C12H17N3O/c13-10-1-3-11(4-2-10)15-12(16)9-5-7-14-8-6-9/h5-8,10-11H,1-4,13H2,(H,15,16). The molecule has 0 saturated heterocycles. The van der Waals surface area contributed by atoms with E-state index in [-0.39, 0.29) is 11.9 Å². The van der Waals surface area contributed by atoms with Crippen molar-refractivity contribution in [2.45, 2.75) is 37.8 Å². The first-order valence-electron chi connectivity index (χ1n) is 5.72. The first-order valence-corrected chi connectivity index (χ1v) is 5.72. The number of aromatic nitrogens is 1. The molecule has 86 valence electrons. The van der Waals surface area contributed by atoms with E-state index in [0.29, 0.717) is 11.6 Å². The summed E-state index contributed by atoms with van der Waals surface area (Å²) in [6.45, 7) is 0. The minimum atomic E-state index is -0.0112. The second kappa shape index (κ2) is 5.07. The minimum absolute atomic E-state index is 0.0112. The molecule has 1 aliphatic carbocycles. The van der Waals surface area contributed by atoms with E-state index in [9.17, 15) is 4.79 Å². The zero-order chi connectivity index (χ0) is 11.4. The smallest absolute Gasteiger partial charge is 0.251 e. The van der Waals surface area contributed by atoms with Crippen LogP contribution < -0.4 is 11.1 Å². The van der Waals surface area contributed by atoms with Crippen LogP contribution in [0.5, 0.6) is 0 Å². The quantitative estimate of drug-likeness (QED) is 0.782. The van der Waals surface area contributed by atoms with Crippen molar-refractivity contribution in [1.29, 1.82) is 0 Å². The summed E-state index contributed by atoms with van der Waals surface area (Å²) in [5, 5.41) is 3.03. The van der Waals surface area contributed by atoms with E-state index in [0.717, 1.165) is 25.7 Å². The molecule has 0 atom stereocenters. The zero-order valence-corrected chi connectivity index (χ0v) is 9.23. The molecule has 1 aromatic heterocycles. The Morgan fingerprint density at radius 3 is 2.50 bits per heavy atom. The Balaban J connectivity index is 1.88. The number of amides is 1. The first kappa shape index (κ1) is 11.1. The molecule has 0 aromatic carbocycles. The van der Waals surface area contributed by atoms with Gasteiger partial charge in [0, 0.05) is 30.0 Å². The topological polar surface area (TPSA) is 68.0 Å². The Hall–Kier alpha value is -1.42. The first-order chi connectivity index (χ1) is 7.75. The minimum Gasteiger partial charge on any atom is -0.349 e. The van der Waals surface area contributed by atoms with Crippen molar-refractivity contribution in [3.05, 3.63) is 30.1 Å². The predicted molar refractivity (Wildman–Crippen MR) is 61.9 cm³/mol. The number of pyridine rings is 1. The van der Waals surface area contributed by atoms with Gasteiger partial charge in [-0.3, -0.25) is 9.78 Å². The van der Waals surface area contributed by atoms with Crippen LogP contribution in [0.4, 0.5) is 0 Å². The summed E-state index contributed by atoms with van der Waals surface area (Å²) in [6.07, 6.45) is 7.23. The van der Waals surface area contributed by atoms with Crippen LogP contribution in [-0.2, 0) is 0 Å². The Bertz CT molecular complexity index is 345. The molecular formula is C12H17N3O. The van der Waals surface area contributed by atoms with Crippen molar-refractivity contribution in [2.75, 3.05) is 0 Å². The Labute approximate surface area is 95.3 Å². The average molecular weight is 219 g/mol. The van der Waals surface area contributed by atoms with Crippen molar-refractivity contribution in [3.8, 4) is 0 Å². The van der Waals surface area contributed by atoms with Crippen LogP contribution in [0.25, 0.3) is 0 Å². The molecule has 0 bridgehead atoms. The SMILES string of the molecule is NC1CCC(NC(=O)c2ccncc2)CC1. The van der Waals surface area contributed by atoms with E-state index in [1.165, 1.54) is 0 Å². The highest BCUT2D eigenvalue weighted by atomic mass is 16.1. The van der Waals surface area contributed by atoms with Crippen molar-refractivity contribution in [3.63, 3.8) is 0 Å². The maximum absolute atomic E-state index is 11.8. The van der Waals surface area contributed by atoms with Gasteiger partial charge in [0.05, 0.1) is 0 Å². The average Bonchev–Trinajstić information content (AvgIpc) is 2.33. The lowest BCUT2D eigenvalue weighted by Gasteiger charge is -2.26. The molecule has 1 aromatic rings. The molecular weight excluding hydrogens is 202 g/mol. The van der Waals surface area contributed by atoms with Crippen LogP contribution in [0.3, 0.4) is 0 Å². The zero-order valence-electron chi connectivity index (χ0n) is 9.23. The molecule has 3 N–H and O–H groups in total. The lowest BCUT2D eigenvalue weighted by Crippen LogP contribution is -2.40. The van der Waals surface area contributed by atoms with Gasteiger partial charge >= 0.3 is 0 Å². The van der Waals surface area contributed by atoms with Crippen LogP contribution in [-0.4, -0.2) is 23.0 Å². The van der Waals surface area contributed by atoms with Crippen LogP contribution in [0.2, 0.25) is 0 Å². The number of nitrogens with two attached hydrogens (primary N) is 1. The van der Waals surface area contributed by atoms with E-state index in [4.69, 9.17) is 5.73 Å². The van der Waals surface area contributed by atoms with Crippen molar-refractivity contribution in [2.24, 2.45) is 5.73 Å². The van der Waals surface area contributed by atoms with Crippen LogP contribution in [0, 0.1) is 0 Å². The number of hydrogen-bond donors (Lipinski definition) is 2. The van der Waals surface area contributed by atoms with Gasteiger partial charge in [-0.15, -0.1) is 0 Å². The summed E-state index contributed by atoms with van der Waals surface area (Å²) in [4.78, 5) is 15.7. The molecule has 0 aliphatic heterocycles. The Kier molecular flexibility index (Phi) is 3.51. The van der Waals surface area contributed by atoms with Gasteiger partial charge in [-0.05, 0) is 37.8 Å². The normalized spacial score (nSPS) is 25.1. The number of nitrogens with zero attached hydrogens (tertiary/aromatic N) is 1. The summed E-state index contributed by atoms with van der Waals surface area (Å²) in [6, 6.07) is 4.04. The summed E-state index contributed by atoms with van der Waals surface area (Å²) in [7, 11) is 0. The van der Waals surface area contributed by atoms with Crippen LogP contribution in [0.1, 0.15) is 36.0 Å². The van der Waals surface area contributed by atoms with Gasteiger partial charge in [0.2, 0.25) is 0 Å². The number of hydrogen-bond acceptors (Lipinski definition) is 3. The highest BCUT2D eigenvalue weighted by Crippen LogP contribution is 2.17. The number of carbonyl (C=O) groups excluding carboxylic acids is 1. The summed E-state index contributed by atoms with van der Waals surface area (Å²) < 4.78 is 0. The maximum Gasteiger partial charge on any atom is 0.251 e. The van der Waals surface area contributed by atoms with E-state index in [1.54, 1.807) is 24.5 Å². The molecule has 4 nitrogen and oxygen atoms in total. The molecule has 2 rings (SSSR count). The maximum atomic E-state index is 11.8. The largest absolute Gasteiger partial charge is 0.349 e. The second-order valence-electron chi connectivity index (χ2n) is 4.32. The van der Waals surface area contributed by atoms with Crippen molar-refractivity contribution >= 4 is 5.91 Å². The highest BCUT2D eigenvalue weighted by Gasteiger charge is 2.20. The van der Waals surface area contributed by atoms with Crippen LogP contribution >= 0.6 is 0 Å². The summed E-state index contributed by atoms with van der Waals surface area (Å²) in [5.74, 6) is -0.0112. The summed E-state index contributed by atoms with van der Waals surface area (Å²) in [5.41, 5.74) is 6.49. The molecule has 1 fully saturated rings. The fourth-order valence-corrected chi connectivity index (χ4v) is 2.04. The predicted octanol–water partition coefficient (Wildman–Crippen LogP) is 1.08. The fraction of sp³-hybridized carbons (Fsp3) is 0.500. The van der Waals surface area contributed by atoms with E-state index in [2.05, 4.69) is 10.3 Å². The monoisotopic (exact) mass is 219 g/mol. The molecule has 1 heterocycles. The van der Waals surface area contributed by atoms with Crippen molar-refractivity contribution < 1.29 is 4.79 Å². The molecule has 0 unspecified atom stereocenters. The molecule has 0 radical (unpaired) electrons. The molecule has 0 spiro atoms. The molecule has 4 heteroatoms. The number of nitrogens with one attached hydrogen (secondary N) is 1. The van der Waals surface area contributed by atoms with Gasteiger partial charge in [0.1, 0.15) is 0 Å². The number of rotatable bonds is 2. The molecule has 1 aliphatic rings. The van der Waals surface area contributed by atoms with Crippen LogP contribution in [0.15, 0.2) is 24.5 Å². The van der Waals surface area contributed by atoms with Gasteiger partial charge < -0.3 is 11.1 Å². The van der Waals surface area contributed by atoms with Gasteiger partial charge in [0.25, 0.3) is 5.91 Å². The highest BCUT2D eigenvalue weighted by molar-refractivity contribution is 5.94.